The zero-order chi connectivity index (χ0) is 13.8. The normalized spacial score (nSPS) is 10.2. The van der Waals surface area contributed by atoms with Crippen molar-refractivity contribution in [3.8, 4) is 0 Å². The number of carbonyl (C=O) groups excluding carboxylic acids is 1. The Morgan fingerprint density at radius 1 is 1.47 bits per heavy atom. The summed E-state index contributed by atoms with van der Waals surface area (Å²) in [5.74, 6) is -0.454. The van der Waals surface area contributed by atoms with Gasteiger partial charge in [-0.15, -0.1) is 11.3 Å². The summed E-state index contributed by atoms with van der Waals surface area (Å²) in [4.78, 5) is 12.6. The van der Waals surface area contributed by atoms with Crippen LogP contribution in [0.15, 0.2) is 29.6 Å². The number of halogens is 1. The van der Waals surface area contributed by atoms with Gasteiger partial charge in [-0.25, -0.2) is 4.79 Å². The fourth-order valence-corrected chi connectivity index (χ4v) is 2.51. The van der Waals surface area contributed by atoms with Crippen molar-refractivity contribution >= 4 is 40.3 Å². The van der Waals surface area contributed by atoms with E-state index in [9.17, 15) is 4.79 Å². The molecule has 3 N–H and O–H groups in total. The number of hydrogen-bond donors (Lipinski definition) is 2. The second kappa shape index (κ2) is 5.95. The Kier molecular flexibility index (Phi) is 4.29. The quantitative estimate of drug-likeness (QED) is 0.849. The molecular weight excluding hydrogens is 284 g/mol. The second-order valence-electron chi connectivity index (χ2n) is 3.84. The van der Waals surface area contributed by atoms with Crippen molar-refractivity contribution in [2.75, 3.05) is 18.2 Å². The van der Waals surface area contributed by atoms with E-state index in [0.29, 0.717) is 17.1 Å². The number of thiophene rings is 1. The molecule has 0 bridgehead atoms. The summed E-state index contributed by atoms with van der Waals surface area (Å²) < 4.78 is 4.67. The van der Waals surface area contributed by atoms with Crippen LogP contribution in [0, 0.1) is 0 Å². The molecule has 1 heterocycles. The largest absolute Gasteiger partial charge is 0.465 e. The van der Waals surface area contributed by atoms with Gasteiger partial charge < -0.3 is 15.8 Å². The van der Waals surface area contributed by atoms with Crippen LogP contribution in [0.4, 0.5) is 11.4 Å². The van der Waals surface area contributed by atoms with Crippen LogP contribution in [0.3, 0.4) is 0 Å². The van der Waals surface area contributed by atoms with E-state index in [2.05, 4.69) is 10.1 Å². The Morgan fingerprint density at radius 2 is 2.26 bits per heavy atom. The number of benzene rings is 1. The third kappa shape index (κ3) is 3.19. The lowest BCUT2D eigenvalue weighted by atomic mass is 10.2. The summed E-state index contributed by atoms with van der Waals surface area (Å²) in [5.41, 5.74) is 7.70. The molecule has 0 spiro atoms. The average molecular weight is 297 g/mol. The van der Waals surface area contributed by atoms with E-state index in [1.165, 1.54) is 7.11 Å². The Labute approximate surface area is 120 Å². The number of carbonyl (C=O) groups is 1. The molecule has 1 aromatic carbocycles. The van der Waals surface area contributed by atoms with E-state index in [0.717, 1.165) is 16.3 Å². The van der Waals surface area contributed by atoms with Gasteiger partial charge in [0.15, 0.2) is 0 Å². The molecule has 1 aromatic heterocycles. The number of nitrogens with one attached hydrogen (secondary N) is 1. The summed E-state index contributed by atoms with van der Waals surface area (Å²) in [6, 6.07) is 6.99. The van der Waals surface area contributed by atoms with Crippen LogP contribution in [0.1, 0.15) is 15.2 Å². The van der Waals surface area contributed by atoms with Crippen molar-refractivity contribution in [1.29, 1.82) is 0 Å². The molecular formula is C13H13ClN2O2S. The zero-order valence-corrected chi connectivity index (χ0v) is 11.8. The smallest absolute Gasteiger partial charge is 0.339 e. The molecule has 0 aliphatic rings. The lowest BCUT2D eigenvalue weighted by Crippen LogP contribution is -2.05. The summed E-state index contributed by atoms with van der Waals surface area (Å²) in [5, 5.41) is 5.51. The number of ether oxygens (including phenoxy) is 1. The molecule has 2 rings (SSSR count). The molecule has 0 saturated carbocycles. The van der Waals surface area contributed by atoms with Gasteiger partial charge in [0.2, 0.25) is 0 Å². The minimum Gasteiger partial charge on any atom is -0.465 e. The standard InChI is InChI=1S/C13H13ClN2O2S/c1-18-13(17)9-6-8(2-3-10(9)14)16-7-12-11(15)4-5-19-12/h2-6,16H,7,15H2,1H3. The van der Waals surface area contributed by atoms with Gasteiger partial charge in [0.25, 0.3) is 0 Å². The Morgan fingerprint density at radius 3 is 2.89 bits per heavy atom. The molecule has 19 heavy (non-hydrogen) atoms. The summed E-state index contributed by atoms with van der Waals surface area (Å²) in [6.07, 6.45) is 0. The van der Waals surface area contributed by atoms with Gasteiger partial charge in [0, 0.05) is 16.3 Å². The van der Waals surface area contributed by atoms with Gasteiger partial charge in [-0.3, -0.25) is 0 Å². The first-order chi connectivity index (χ1) is 9.11. The topological polar surface area (TPSA) is 64.3 Å². The maximum atomic E-state index is 11.5. The molecule has 0 amide bonds. The van der Waals surface area contributed by atoms with E-state index < -0.39 is 5.97 Å². The van der Waals surface area contributed by atoms with E-state index in [-0.39, 0.29) is 0 Å². The van der Waals surface area contributed by atoms with Gasteiger partial charge >= 0.3 is 5.97 Å². The van der Waals surface area contributed by atoms with Crippen LogP contribution >= 0.6 is 22.9 Å². The number of methoxy groups -OCH3 is 1. The Balaban J connectivity index is 2.13. The van der Waals surface area contributed by atoms with Crippen LogP contribution in [0.25, 0.3) is 0 Å². The lowest BCUT2D eigenvalue weighted by Gasteiger charge is -2.08. The first-order valence-corrected chi connectivity index (χ1v) is 6.81. The molecule has 0 aliphatic carbocycles. The summed E-state index contributed by atoms with van der Waals surface area (Å²) in [6.45, 7) is 0.603. The second-order valence-corrected chi connectivity index (χ2v) is 5.25. The van der Waals surface area contributed by atoms with Crippen LogP contribution < -0.4 is 11.1 Å². The van der Waals surface area contributed by atoms with Crippen LogP contribution in [-0.4, -0.2) is 13.1 Å². The molecule has 0 radical (unpaired) electrons. The monoisotopic (exact) mass is 296 g/mol. The predicted molar refractivity (Wildman–Crippen MR) is 78.8 cm³/mol. The SMILES string of the molecule is COC(=O)c1cc(NCc2sccc2N)ccc1Cl. The number of nitrogens with two attached hydrogens (primary N) is 1. The van der Waals surface area contributed by atoms with Crippen molar-refractivity contribution in [3.63, 3.8) is 0 Å². The van der Waals surface area contributed by atoms with Gasteiger partial charge in [0.05, 0.1) is 24.2 Å². The fraction of sp³-hybridized carbons (Fsp3) is 0.154. The highest BCUT2D eigenvalue weighted by Crippen LogP contribution is 2.24. The van der Waals surface area contributed by atoms with Crippen LogP contribution in [0.2, 0.25) is 5.02 Å². The predicted octanol–water partition coefficient (Wildman–Crippen LogP) is 3.38. The minimum absolute atomic E-state index is 0.341. The van der Waals surface area contributed by atoms with Crippen molar-refractivity contribution in [1.82, 2.24) is 0 Å². The van der Waals surface area contributed by atoms with Crippen LogP contribution in [0.5, 0.6) is 0 Å². The van der Waals surface area contributed by atoms with E-state index in [1.807, 2.05) is 11.4 Å². The van der Waals surface area contributed by atoms with Crippen molar-refractivity contribution in [2.24, 2.45) is 0 Å². The molecule has 2 aromatic rings. The highest BCUT2D eigenvalue weighted by atomic mass is 35.5. The third-order valence-corrected chi connectivity index (χ3v) is 3.87. The number of esters is 1. The van der Waals surface area contributed by atoms with Gasteiger partial charge in [-0.2, -0.15) is 0 Å². The number of rotatable bonds is 4. The fourth-order valence-electron chi connectivity index (χ4n) is 1.58. The maximum Gasteiger partial charge on any atom is 0.339 e. The van der Waals surface area contributed by atoms with Crippen LogP contribution in [-0.2, 0) is 11.3 Å². The Bertz CT molecular complexity index is 598. The van der Waals surface area contributed by atoms with E-state index in [4.69, 9.17) is 17.3 Å². The van der Waals surface area contributed by atoms with Gasteiger partial charge in [0.1, 0.15) is 0 Å². The molecule has 0 saturated heterocycles. The summed E-state index contributed by atoms with van der Waals surface area (Å²) >= 11 is 7.53. The highest BCUT2D eigenvalue weighted by Gasteiger charge is 2.11. The molecule has 0 fully saturated rings. The molecule has 0 aliphatic heterocycles. The number of hydrogen-bond acceptors (Lipinski definition) is 5. The van der Waals surface area contributed by atoms with E-state index in [1.54, 1.807) is 29.5 Å². The van der Waals surface area contributed by atoms with Crippen molar-refractivity contribution in [3.05, 3.63) is 45.1 Å². The molecule has 0 atom stereocenters. The van der Waals surface area contributed by atoms with Crippen molar-refractivity contribution in [2.45, 2.75) is 6.54 Å². The maximum absolute atomic E-state index is 11.5. The number of nitrogen functional groups attached to an aromatic ring is 1. The highest BCUT2D eigenvalue weighted by molar-refractivity contribution is 7.10. The molecule has 100 valence electrons. The first kappa shape index (κ1) is 13.7. The summed E-state index contributed by atoms with van der Waals surface area (Å²) in [7, 11) is 1.32. The van der Waals surface area contributed by atoms with E-state index >= 15 is 0 Å². The minimum atomic E-state index is -0.454. The molecule has 4 nitrogen and oxygen atoms in total. The third-order valence-electron chi connectivity index (χ3n) is 2.60. The number of anilines is 2. The molecule has 0 unspecified atom stereocenters. The Hall–Kier alpha value is -1.72. The van der Waals surface area contributed by atoms with Gasteiger partial charge in [-0.05, 0) is 29.6 Å². The average Bonchev–Trinajstić information content (AvgIpc) is 2.82. The van der Waals surface area contributed by atoms with Crippen molar-refractivity contribution < 1.29 is 9.53 Å². The zero-order valence-electron chi connectivity index (χ0n) is 10.3. The molecule has 6 heteroatoms. The first-order valence-electron chi connectivity index (χ1n) is 5.55. The van der Waals surface area contributed by atoms with Gasteiger partial charge in [-0.1, -0.05) is 11.6 Å². The lowest BCUT2D eigenvalue weighted by molar-refractivity contribution is 0.0601.